The van der Waals surface area contributed by atoms with Crippen molar-refractivity contribution < 1.29 is 14.4 Å². The highest BCUT2D eigenvalue weighted by molar-refractivity contribution is 7.98. The maximum atomic E-state index is 10.7. The van der Waals surface area contributed by atoms with Gasteiger partial charge in [0, 0.05) is 39.1 Å². The fourth-order valence-electron chi connectivity index (χ4n) is 3.11. The first kappa shape index (κ1) is 29.5. The molecule has 0 unspecified atom stereocenters. The molecule has 38 heavy (non-hydrogen) atoms. The summed E-state index contributed by atoms with van der Waals surface area (Å²) in [6, 6.07) is 25.7. The van der Waals surface area contributed by atoms with Gasteiger partial charge in [-0.15, -0.1) is 23.5 Å². The lowest BCUT2D eigenvalue weighted by atomic mass is 10.2. The largest absolute Gasteiger partial charge is 0.497 e. The van der Waals surface area contributed by atoms with Gasteiger partial charge in [0.15, 0.2) is 0 Å². The van der Waals surface area contributed by atoms with Crippen LogP contribution >= 0.6 is 46.7 Å². The quantitative estimate of drug-likeness (QED) is 0.0904. The van der Waals surface area contributed by atoms with Gasteiger partial charge in [-0.05, 0) is 59.7 Å². The van der Waals surface area contributed by atoms with E-state index in [9.17, 15) is 10.1 Å². The number of nitrogens with two attached hydrogens (primary N) is 1. The molecular formula is C28H26Cl2N2O4S2. The number of benzene rings is 4. The van der Waals surface area contributed by atoms with Crippen LogP contribution in [-0.2, 0) is 11.5 Å². The number of hydrogen-bond donors (Lipinski definition) is 1. The molecule has 0 aliphatic carbocycles. The van der Waals surface area contributed by atoms with Crippen molar-refractivity contribution >= 4 is 58.1 Å². The summed E-state index contributed by atoms with van der Waals surface area (Å²) in [6.45, 7) is 0. The van der Waals surface area contributed by atoms with E-state index >= 15 is 0 Å². The normalized spacial score (nSPS) is 10.3. The molecule has 2 N–H and O–H groups in total. The fraction of sp³-hybridized carbons (Fsp3) is 0.143. The molecule has 0 fully saturated rings. The van der Waals surface area contributed by atoms with Crippen LogP contribution in [0.5, 0.6) is 11.5 Å². The third kappa shape index (κ3) is 9.06. The standard InChI is InChI=1S/C14H12ClNO3S.C14H14ClNOS/c1-19-12-5-2-10(3-6-12)9-20-14-8-11(16(17)18)4-7-13(14)15;1-17-12-5-2-10(3-6-12)9-18-14-8-11(16)4-7-13(14)15/h2-8H,9H2,1H3;2-8H,9,16H2,1H3. The van der Waals surface area contributed by atoms with Crippen LogP contribution < -0.4 is 15.2 Å². The van der Waals surface area contributed by atoms with Gasteiger partial charge in [-0.25, -0.2) is 0 Å². The van der Waals surface area contributed by atoms with E-state index in [1.807, 2.05) is 60.7 Å². The summed E-state index contributed by atoms with van der Waals surface area (Å²) in [5.74, 6) is 3.20. The molecule has 0 amide bonds. The van der Waals surface area contributed by atoms with E-state index in [-0.39, 0.29) is 5.69 Å². The van der Waals surface area contributed by atoms with Crippen molar-refractivity contribution in [2.45, 2.75) is 21.3 Å². The van der Waals surface area contributed by atoms with Crippen molar-refractivity contribution in [3.8, 4) is 11.5 Å². The number of rotatable bonds is 9. The molecular weight excluding hydrogens is 563 g/mol. The van der Waals surface area contributed by atoms with Crippen LogP contribution in [0.4, 0.5) is 11.4 Å². The molecule has 0 aromatic heterocycles. The minimum absolute atomic E-state index is 0.0478. The van der Waals surface area contributed by atoms with Crippen LogP contribution in [0.1, 0.15) is 11.1 Å². The number of ether oxygens (including phenoxy) is 2. The second-order valence-corrected chi connectivity index (χ2v) is 10.7. The Bertz CT molecular complexity index is 1350. The number of nitrogens with zero attached hydrogens (tertiary/aromatic N) is 1. The van der Waals surface area contributed by atoms with Crippen LogP contribution in [-0.4, -0.2) is 19.1 Å². The van der Waals surface area contributed by atoms with E-state index < -0.39 is 4.92 Å². The van der Waals surface area contributed by atoms with E-state index in [4.69, 9.17) is 38.4 Å². The molecule has 0 aliphatic heterocycles. The minimum Gasteiger partial charge on any atom is -0.497 e. The first-order chi connectivity index (χ1) is 18.3. The zero-order valence-electron chi connectivity index (χ0n) is 20.7. The summed E-state index contributed by atoms with van der Waals surface area (Å²) in [5, 5.41) is 12.0. The number of nitrogen functional groups attached to an aromatic ring is 1. The second-order valence-electron chi connectivity index (χ2n) is 7.84. The molecule has 198 valence electrons. The van der Waals surface area contributed by atoms with Gasteiger partial charge in [-0.3, -0.25) is 10.1 Å². The lowest BCUT2D eigenvalue weighted by Gasteiger charge is -2.06. The molecule has 0 radical (unpaired) electrons. The van der Waals surface area contributed by atoms with Crippen LogP contribution in [0, 0.1) is 10.1 Å². The van der Waals surface area contributed by atoms with E-state index in [0.29, 0.717) is 15.7 Å². The van der Waals surface area contributed by atoms with Crippen LogP contribution in [0.2, 0.25) is 10.0 Å². The smallest absolute Gasteiger partial charge is 0.270 e. The molecule has 6 nitrogen and oxygen atoms in total. The topological polar surface area (TPSA) is 87.6 Å². The number of nitro benzene ring substituents is 1. The summed E-state index contributed by atoms with van der Waals surface area (Å²) < 4.78 is 10.2. The fourth-order valence-corrected chi connectivity index (χ4v) is 5.54. The molecule has 4 aromatic rings. The van der Waals surface area contributed by atoms with E-state index in [1.54, 1.807) is 38.1 Å². The van der Waals surface area contributed by atoms with E-state index in [1.165, 1.54) is 29.5 Å². The third-order valence-corrected chi connectivity index (χ3v) is 8.32. The molecule has 0 spiro atoms. The molecule has 0 atom stereocenters. The highest BCUT2D eigenvalue weighted by atomic mass is 35.5. The number of halogens is 2. The van der Waals surface area contributed by atoms with Crippen molar-refractivity contribution in [1.29, 1.82) is 0 Å². The summed E-state index contributed by atoms with van der Waals surface area (Å²) in [4.78, 5) is 12.0. The number of methoxy groups -OCH3 is 2. The highest BCUT2D eigenvalue weighted by Crippen LogP contribution is 2.33. The van der Waals surface area contributed by atoms with Gasteiger partial charge in [0.05, 0.1) is 29.2 Å². The minimum atomic E-state index is -0.423. The lowest BCUT2D eigenvalue weighted by molar-refractivity contribution is -0.385. The van der Waals surface area contributed by atoms with Crippen molar-refractivity contribution in [3.05, 3.63) is 116 Å². The maximum Gasteiger partial charge on any atom is 0.270 e. The van der Waals surface area contributed by atoms with Crippen molar-refractivity contribution in [1.82, 2.24) is 0 Å². The number of anilines is 1. The predicted octanol–water partition coefficient (Wildman–Crippen LogP) is 8.77. The maximum absolute atomic E-state index is 10.7. The summed E-state index contributed by atoms with van der Waals surface area (Å²) in [5.41, 5.74) is 8.84. The summed E-state index contributed by atoms with van der Waals surface area (Å²) in [7, 11) is 3.28. The number of nitro groups is 1. The van der Waals surface area contributed by atoms with Gasteiger partial charge >= 0.3 is 0 Å². The molecule has 10 heteroatoms. The molecule has 4 aromatic carbocycles. The Balaban J connectivity index is 0.000000212. The summed E-state index contributed by atoms with van der Waals surface area (Å²) >= 11 is 15.3. The van der Waals surface area contributed by atoms with Crippen LogP contribution in [0.15, 0.2) is 94.7 Å². The van der Waals surface area contributed by atoms with Crippen LogP contribution in [0.25, 0.3) is 0 Å². The average molecular weight is 590 g/mol. The molecule has 0 heterocycles. The molecule has 0 saturated heterocycles. The van der Waals surface area contributed by atoms with Crippen molar-refractivity contribution in [2.75, 3.05) is 20.0 Å². The second kappa shape index (κ2) is 14.8. The number of hydrogen-bond acceptors (Lipinski definition) is 7. The first-order valence-electron chi connectivity index (χ1n) is 11.3. The van der Waals surface area contributed by atoms with Gasteiger partial charge in [0.2, 0.25) is 0 Å². The van der Waals surface area contributed by atoms with Crippen molar-refractivity contribution in [2.24, 2.45) is 0 Å². The Morgan fingerprint density at radius 3 is 1.63 bits per heavy atom. The first-order valence-corrected chi connectivity index (χ1v) is 14.0. The van der Waals surface area contributed by atoms with Gasteiger partial charge < -0.3 is 15.2 Å². The Kier molecular flexibility index (Phi) is 11.5. The molecule has 0 aliphatic rings. The Morgan fingerprint density at radius 1 is 0.737 bits per heavy atom. The van der Waals surface area contributed by atoms with Crippen LogP contribution in [0.3, 0.4) is 0 Å². The molecule has 4 rings (SSSR count). The Labute approximate surface area is 240 Å². The van der Waals surface area contributed by atoms with Gasteiger partial charge in [-0.1, -0.05) is 47.5 Å². The number of non-ortho nitro benzene ring substituents is 1. The molecule has 0 saturated carbocycles. The third-order valence-electron chi connectivity index (χ3n) is 5.19. The van der Waals surface area contributed by atoms with Gasteiger partial charge in [0.1, 0.15) is 11.5 Å². The van der Waals surface area contributed by atoms with Gasteiger partial charge in [-0.2, -0.15) is 0 Å². The molecule has 0 bridgehead atoms. The summed E-state index contributed by atoms with van der Waals surface area (Å²) in [6.07, 6.45) is 0. The zero-order chi connectivity index (χ0) is 27.5. The van der Waals surface area contributed by atoms with E-state index in [0.717, 1.165) is 38.4 Å². The zero-order valence-corrected chi connectivity index (χ0v) is 23.9. The van der Waals surface area contributed by atoms with Gasteiger partial charge in [0.25, 0.3) is 5.69 Å². The number of thioether (sulfide) groups is 2. The van der Waals surface area contributed by atoms with Crippen molar-refractivity contribution in [3.63, 3.8) is 0 Å². The Hall–Kier alpha value is -3.04. The Morgan fingerprint density at radius 2 is 1.18 bits per heavy atom. The highest BCUT2D eigenvalue weighted by Gasteiger charge is 2.10. The lowest BCUT2D eigenvalue weighted by Crippen LogP contribution is -1.89. The SMILES string of the molecule is COc1ccc(CSc2cc(N)ccc2Cl)cc1.COc1ccc(CSc2cc([N+](=O)[O-])ccc2Cl)cc1. The van der Waals surface area contributed by atoms with E-state index in [2.05, 4.69) is 0 Å². The monoisotopic (exact) mass is 588 g/mol. The predicted molar refractivity (Wildman–Crippen MR) is 159 cm³/mol. The average Bonchev–Trinajstić information content (AvgIpc) is 2.94.